The fourth-order valence-corrected chi connectivity index (χ4v) is 5.50. The molecule has 2 aromatic carbocycles. The van der Waals surface area contributed by atoms with Gasteiger partial charge in [0.15, 0.2) is 0 Å². The number of H-pyrrole nitrogens is 1. The van der Waals surface area contributed by atoms with Crippen LogP contribution in [0.15, 0.2) is 70.5 Å². The van der Waals surface area contributed by atoms with Gasteiger partial charge in [-0.25, -0.2) is 8.78 Å². The summed E-state index contributed by atoms with van der Waals surface area (Å²) in [5, 5.41) is 11.4. The minimum absolute atomic E-state index is 0.335. The van der Waals surface area contributed by atoms with Crippen molar-refractivity contribution < 1.29 is 8.78 Å². The molecule has 0 radical (unpaired) electrons. The Balaban J connectivity index is 0.000000196. The number of aryl methyl sites for hydroxylation is 3. The third kappa shape index (κ3) is 7.46. The maximum absolute atomic E-state index is 12.4. The average molecular weight is 501 g/mol. The van der Waals surface area contributed by atoms with Gasteiger partial charge in [0.1, 0.15) is 6.54 Å². The number of aromatic amines is 1. The number of aromatic nitrogens is 4. The van der Waals surface area contributed by atoms with E-state index in [0.717, 1.165) is 39.2 Å². The van der Waals surface area contributed by atoms with Gasteiger partial charge in [0.25, 0.3) is 6.43 Å². The summed E-state index contributed by atoms with van der Waals surface area (Å²) in [6, 6.07) is 20.6. The first-order valence-corrected chi connectivity index (χ1v) is 13.0. The van der Waals surface area contributed by atoms with E-state index in [0.29, 0.717) is 0 Å². The van der Waals surface area contributed by atoms with Crippen LogP contribution >= 0.6 is 23.5 Å². The van der Waals surface area contributed by atoms with Crippen molar-refractivity contribution in [2.75, 3.05) is 0 Å². The van der Waals surface area contributed by atoms with Crippen molar-refractivity contribution in [1.82, 2.24) is 20.0 Å². The fourth-order valence-electron chi connectivity index (χ4n) is 3.41. The molecule has 0 amide bonds. The number of alkyl halides is 2. The van der Waals surface area contributed by atoms with E-state index in [1.807, 2.05) is 56.8 Å². The van der Waals surface area contributed by atoms with Crippen LogP contribution in [-0.4, -0.2) is 26.4 Å². The van der Waals surface area contributed by atoms with Crippen LogP contribution in [0, 0.1) is 27.7 Å². The summed E-state index contributed by atoms with van der Waals surface area (Å²) in [5.41, 5.74) is 6.45. The van der Waals surface area contributed by atoms with Crippen molar-refractivity contribution >= 4 is 23.5 Å². The first kappa shape index (κ1) is 26.0. The quantitative estimate of drug-likeness (QED) is 0.257. The molecular formula is C26H30F2N4S2. The molecule has 0 aliphatic heterocycles. The lowest BCUT2D eigenvalue weighted by atomic mass is 10.2. The summed E-state index contributed by atoms with van der Waals surface area (Å²) in [6.07, 6.45) is -2.37. The molecule has 0 unspecified atom stereocenters. The zero-order valence-electron chi connectivity index (χ0n) is 19.9. The van der Waals surface area contributed by atoms with Gasteiger partial charge in [0.05, 0.1) is 21.2 Å². The molecule has 0 bridgehead atoms. The first-order valence-electron chi connectivity index (χ1n) is 11.0. The second kappa shape index (κ2) is 12.8. The highest BCUT2D eigenvalue weighted by atomic mass is 32.2. The second-order valence-electron chi connectivity index (χ2n) is 7.88. The van der Waals surface area contributed by atoms with Crippen LogP contribution in [0.2, 0.25) is 0 Å². The van der Waals surface area contributed by atoms with Gasteiger partial charge in [-0.15, -0.1) is 23.5 Å². The molecule has 34 heavy (non-hydrogen) atoms. The molecule has 0 saturated heterocycles. The summed E-state index contributed by atoms with van der Waals surface area (Å²) >= 11 is 3.49. The monoisotopic (exact) mass is 500 g/mol. The lowest BCUT2D eigenvalue weighted by Crippen LogP contribution is -2.09. The zero-order chi connectivity index (χ0) is 24.5. The minimum atomic E-state index is -2.37. The van der Waals surface area contributed by atoms with Crippen molar-refractivity contribution in [2.24, 2.45) is 0 Å². The van der Waals surface area contributed by atoms with Crippen molar-refractivity contribution in [3.8, 4) is 0 Å². The van der Waals surface area contributed by atoms with Gasteiger partial charge in [-0.3, -0.25) is 9.78 Å². The number of hydrogen-bond donors (Lipinski definition) is 1. The highest BCUT2D eigenvalue weighted by Gasteiger charge is 2.15. The van der Waals surface area contributed by atoms with E-state index in [1.165, 1.54) is 20.7 Å². The molecule has 0 aliphatic rings. The van der Waals surface area contributed by atoms with Crippen molar-refractivity contribution in [1.29, 1.82) is 0 Å². The van der Waals surface area contributed by atoms with E-state index in [2.05, 4.69) is 58.6 Å². The fraction of sp³-hybridized carbons (Fsp3) is 0.308. The third-order valence-corrected chi connectivity index (χ3v) is 7.86. The molecule has 180 valence electrons. The van der Waals surface area contributed by atoms with E-state index >= 15 is 0 Å². The summed E-state index contributed by atoms with van der Waals surface area (Å²) < 4.78 is 26.2. The second-order valence-corrected chi connectivity index (χ2v) is 9.86. The Morgan fingerprint density at radius 3 is 1.79 bits per heavy atom. The van der Waals surface area contributed by atoms with Crippen molar-refractivity contribution in [2.45, 2.75) is 62.0 Å². The van der Waals surface area contributed by atoms with E-state index < -0.39 is 6.43 Å². The van der Waals surface area contributed by atoms with E-state index in [4.69, 9.17) is 0 Å². The van der Waals surface area contributed by atoms with Gasteiger partial charge in [-0.05, 0) is 38.8 Å². The van der Waals surface area contributed by atoms with Crippen LogP contribution in [-0.2, 0) is 18.1 Å². The molecule has 8 heteroatoms. The molecule has 0 spiro atoms. The predicted molar refractivity (Wildman–Crippen MR) is 138 cm³/mol. The maximum atomic E-state index is 12.4. The smallest absolute Gasteiger partial charge is 0.257 e. The molecule has 0 atom stereocenters. The molecule has 0 saturated carbocycles. The lowest BCUT2D eigenvalue weighted by molar-refractivity contribution is 0.120. The Morgan fingerprint density at radius 2 is 1.32 bits per heavy atom. The minimum Gasteiger partial charge on any atom is -0.281 e. The first-order chi connectivity index (χ1) is 16.3. The van der Waals surface area contributed by atoms with Gasteiger partial charge < -0.3 is 0 Å². The average Bonchev–Trinajstić information content (AvgIpc) is 3.29. The molecule has 2 aromatic heterocycles. The Labute approximate surface area is 208 Å². The number of nitrogens with one attached hydrogen (secondary N) is 1. The van der Waals surface area contributed by atoms with Gasteiger partial charge in [0, 0.05) is 22.9 Å². The zero-order valence-corrected chi connectivity index (χ0v) is 21.5. The lowest BCUT2D eigenvalue weighted by Gasteiger charge is -2.05. The van der Waals surface area contributed by atoms with E-state index in [9.17, 15) is 8.78 Å². The largest absolute Gasteiger partial charge is 0.281 e. The summed E-state index contributed by atoms with van der Waals surface area (Å²) in [7, 11) is 0. The highest BCUT2D eigenvalue weighted by molar-refractivity contribution is 7.98. The molecule has 0 aliphatic carbocycles. The Kier molecular flexibility index (Phi) is 9.77. The Bertz CT molecular complexity index is 1140. The van der Waals surface area contributed by atoms with E-state index in [-0.39, 0.29) is 6.54 Å². The SMILES string of the molecule is Cc1n[nH]c(C)c1SCc1ccccc1.Cc1nn(CC(F)F)c(C)c1SCc1ccccc1. The molecule has 2 heterocycles. The molecule has 4 nitrogen and oxygen atoms in total. The van der Waals surface area contributed by atoms with Gasteiger partial charge in [-0.1, -0.05) is 60.7 Å². The summed E-state index contributed by atoms with van der Waals surface area (Å²) in [6.45, 7) is 7.47. The van der Waals surface area contributed by atoms with Crippen LogP contribution in [0.3, 0.4) is 0 Å². The van der Waals surface area contributed by atoms with Gasteiger partial charge in [0.2, 0.25) is 0 Å². The number of thioether (sulfide) groups is 2. The Hall–Kier alpha value is -2.58. The number of halogens is 2. The number of nitrogens with zero attached hydrogens (tertiary/aromatic N) is 3. The molecule has 0 fully saturated rings. The summed E-state index contributed by atoms with van der Waals surface area (Å²) in [5.74, 6) is 1.82. The van der Waals surface area contributed by atoms with Crippen LogP contribution in [0.1, 0.15) is 33.9 Å². The molecule has 4 rings (SSSR count). The van der Waals surface area contributed by atoms with Crippen LogP contribution < -0.4 is 0 Å². The Morgan fingerprint density at radius 1 is 0.794 bits per heavy atom. The number of hydrogen-bond acceptors (Lipinski definition) is 4. The molecular weight excluding hydrogens is 470 g/mol. The predicted octanol–water partition coefficient (Wildman–Crippen LogP) is 7.38. The van der Waals surface area contributed by atoms with Crippen molar-refractivity contribution in [3.63, 3.8) is 0 Å². The van der Waals surface area contributed by atoms with Crippen LogP contribution in [0.5, 0.6) is 0 Å². The third-order valence-electron chi connectivity index (χ3n) is 5.14. The van der Waals surface area contributed by atoms with E-state index in [1.54, 1.807) is 11.8 Å². The topological polar surface area (TPSA) is 46.5 Å². The van der Waals surface area contributed by atoms with Crippen LogP contribution in [0.4, 0.5) is 8.78 Å². The number of rotatable bonds is 8. The van der Waals surface area contributed by atoms with Gasteiger partial charge >= 0.3 is 0 Å². The molecule has 4 aromatic rings. The summed E-state index contributed by atoms with van der Waals surface area (Å²) in [4.78, 5) is 2.28. The maximum Gasteiger partial charge on any atom is 0.257 e. The molecule has 1 N–H and O–H groups in total. The van der Waals surface area contributed by atoms with Gasteiger partial charge in [-0.2, -0.15) is 10.2 Å². The highest BCUT2D eigenvalue weighted by Crippen LogP contribution is 2.29. The van der Waals surface area contributed by atoms with Crippen LogP contribution in [0.25, 0.3) is 0 Å². The standard InChI is InChI=1S/C14H16F2N2S.C12H14N2S/c1-10-14(11(2)18(17-10)8-13(15)16)19-9-12-6-4-3-5-7-12;1-9-12(10(2)14-13-9)15-8-11-6-4-3-5-7-11/h3-7,13H,8-9H2,1-2H3;3-7H,8H2,1-2H3,(H,13,14). The van der Waals surface area contributed by atoms with Crippen molar-refractivity contribution in [3.05, 3.63) is 94.6 Å². The number of benzene rings is 2. The normalized spacial score (nSPS) is 10.9.